The van der Waals surface area contributed by atoms with Gasteiger partial charge in [0.1, 0.15) is 0 Å². The fourth-order valence-electron chi connectivity index (χ4n) is 6.48. The van der Waals surface area contributed by atoms with Crippen molar-refractivity contribution < 1.29 is 4.74 Å². The van der Waals surface area contributed by atoms with Gasteiger partial charge in [0.15, 0.2) is 5.11 Å². The number of aromatic nitrogens is 2. The molecule has 1 N–H and O–H groups in total. The second kappa shape index (κ2) is 12.2. The SMILES string of the molecule is CCN(CC)c1ccc(-n2c(C)cc([C@@H]3[C@H](c4ccccn4)NC(=S)N3c3ccc(N4CCOCC4)cc3)c2C)cc1. The lowest BCUT2D eigenvalue weighted by atomic mass is 9.96. The number of pyridine rings is 1. The lowest BCUT2D eigenvalue weighted by Gasteiger charge is -2.31. The Labute approximate surface area is 254 Å². The maximum atomic E-state index is 6.02. The number of hydrogen-bond acceptors (Lipinski definition) is 5. The van der Waals surface area contributed by atoms with Gasteiger partial charge in [0, 0.05) is 66.5 Å². The molecule has 4 heterocycles. The van der Waals surface area contributed by atoms with E-state index >= 15 is 0 Å². The third kappa shape index (κ3) is 5.25. The Bertz CT molecular complexity index is 1510. The second-order valence-corrected chi connectivity index (χ2v) is 11.3. The van der Waals surface area contributed by atoms with Crippen molar-refractivity contribution in [1.82, 2.24) is 14.9 Å². The lowest BCUT2D eigenvalue weighted by Crippen LogP contribution is -2.36. The van der Waals surface area contributed by atoms with Crippen LogP contribution >= 0.6 is 12.2 Å². The highest BCUT2D eigenvalue weighted by atomic mass is 32.1. The van der Waals surface area contributed by atoms with Crippen LogP contribution in [0.1, 0.15) is 48.6 Å². The summed E-state index contributed by atoms with van der Waals surface area (Å²) < 4.78 is 7.91. The molecule has 218 valence electrons. The smallest absolute Gasteiger partial charge is 0.174 e. The molecule has 6 rings (SSSR count). The standard InChI is InChI=1S/C34H40N6OS/c1-5-37(6-2)26-10-14-28(15-11-26)39-24(3)23-30(25(39)4)33-32(31-9-7-8-18-35-31)36-34(42)40(33)29-16-12-27(13-17-29)38-19-21-41-22-20-38/h7-18,23,32-33H,5-6,19-22H2,1-4H3,(H,36,42)/t32-,33+/m0/s1. The molecule has 0 radical (unpaired) electrons. The van der Waals surface area contributed by atoms with Crippen LogP contribution in [0.5, 0.6) is 0 Å². The van der Waals surface area contributed by atoms with E-state index in [0.29, 0.717) is 5.11 Å². The van der Waals surface area contributed by atoms with Crippen molar-refractivity contribution in [2.45, 2.75) is 39.8 Å². The third-order valence-corrected chi connectivity index (χ3v) is 8.94. The van der Waals surface area contributed by atoms with E-state index in [2.05, 4.69) is 113 Å². The van der Waals surface area contributed by atoms with Crippen LogP contribution in [0.4, 0.5) is 17.1 Å². The van der Waals surface area contributed by atoms with Crippen LogP contribution in [-0.4, -0.2) is 54.1 Å². The maximum absolute atomic E-state index is 6.02. The molecular formula is C34H40N6OS. The fourth-order valence-corrected chi connectivity index (χ4v) is 6.83. The first kappa shape index (κ1) is 28.2. The average molecular weight is 581 g/mol. The van der Waals surface area contributed by atoms with Crippen molar-refractivity contribution >= 4 is 34.4 Å². The average Bonchev–Trinajstić information content (AvgIpc) is 3.53. The summed E-state index contributed by atoms with van der Waals surface area (Å²) in [6.45, 7) is 14.2. The van der Waals surface area contributed by atoms with E-state index in [9.17, 15) is 0 Å². The number of aryl methyl sites for hydroxylation is 1. The molecule has 2 fully saturated rings. The van der Waals surface area contributed by atoms with Gasteiger partial charge < -0.3 is 29.3 Å². The molecule has 2 atom stereocenters. The van der Waals surface area contributed by atoms with Gasteiger partial charge in [-0.3, -0.25) is 4.98 Å². The number of morpholine rings is 1. The summed E-state index contributed by atoms with van der Waals surface area (Å²) in [5, 5.41) is 4.34. The van der Waals surface area contributed by atoms with Crippen LogP contribution in [-0.2, 0) is 4.74 Å². The van der Waals surface area contributed by atoms with E-state index in [4.69, 9.17) is 21.9 Å². The maximum Gasteiger partial charge on any atom is 0.174 e. The number of rotatable bonds is 8. The minimum atomic E-state index is -0.0865. The van der Waals surface area contributed by atoms with Crippen LogP contribution < -0.4 is 20.0 Å². The van der Waals surface area contributed by atoms with Gasteiger partial charge in [-0.25, -0.2) is 0 Å². The predicted molar refractivity (Wildman–Crippen MR) is 176 cm³/mol. The fraction of sp³-hybridized carbons (Fsp3) is 0.353. The summed E-state index contributed by atoms with van der Waals surface area (Å²) in [5.74, 6) is 0. The molecule has 0 spiro atoms. The molecule has 2 aliphatic heterocycles. The predicted octanol–water partition coefficient (Wildman–Crippen LogP) is 6.35. The Balaban J connectivity index is 1.39. The van der Waals surface area contributed by atoms with E-state index in [1.54, 1.807) is 0 Å². The summed E-state index contributed by atoms with van der Waals surface area (Å²) in [6.07, 6.45) is 1.86. The molecule has 2 saturated heterocycles. The number of nitrogens with one attached hydrogen (secondary N) is 1. The largest absolute Gasteiger partial charge is 0.378 e. The molecule has 8 heteroatoms. The van der Waals surface area contributed by atoms with Gasteiger partial charge in [0.2, 0.25) is 0 Å². The van der Waals surface area contributed by atoms with Crippen LogP contribution in [0, 0.1) is 13.8 Å². The molecular weight excluding hydrogens is 540 g/mol. The van der Waals surface area contributed by atoms with Crippen molar-refractivity contribution in [3.63, 3.8) is 0 Å². The Hall–Kier alpha value is -3.88. The van der Waals surface area contributed by atoms with E-state index in [1.165, 1.54) is 28.3 Å². The number of benzene rings is 2. The molecule has 0 unspecified atom stereocenters. The van der Waals surface area contributed by atoms with Gasteiger partial charge in [0.05, 0.1) is 31.0 Å². The third-order valence-electron chi connectivity index (χ3n) is 8.63. The molecule has 4 aromatic rings. The van der Waals surface area contributed by atoms with Gasteiger partial charge in [-0.2, -0.15) is 0 Å². The van der Waals surface area contributed by atoms with Gasteiger partial charge in [-0.1, -0.05) is 6.07 Å². The number of anilines is 3. The van der Waals surface area contributed by atoms with Crippen LogP contribution in [0.3, 0.4) is 0 Å². The number of ether oxygens (including phenoxy) is 1. The van der Waals surface area contributed by atoms with E-state index in [-0.39, 0.29) is 12.1 Å². The van der Waals surface area contributed by atoms with Crippen LogP contribution in [0.2, 0.25) is 0 Å². The zero-order valence-electron chi connectivity index (χ0n) is 25.0. The molecule has 2 aromatic carbocycles. The van der Waals surface area contributed by atoms with E-state index < -0.39 is 0 Å². The van der Waals surface area contributed by atoms with Crippen LogP contribution in [0.15, 0.2) is 79.0 Å². The van der Waals surface area contributed by atoms with E-state index in [0.717, 1.165) is 56.5 Å². The minimum absolute atomic E-state index is 0.0588. The van der Waals surface area contributed by atoms with Crippen molar-refractivity contribution in [2.24, 2.45) is 0 Å². The molecule has 0 amide bonds. The van der Waals surface area contributed by atoms with Gasteiger partial charge >= 0.3 is 0 Å². The Morgan fingerprint density at radius 2 is 1.57 bits per heavy atom. The van der Waals surface area contributed by atoms with Crippen LogP contribution in [0.25, 0.3) is 5.69 Å². The molecule has 7 nitrogen and oxygen atoms in total. The highest BCUT2D eigenvalue weighted by molar-refractivity contribution is 7.80. The summed E-state index contributed by atoms with van der Waals surface area (Å²) in [4.78, 5) is 11.8. The minimum Gasteiger partial charge on any atom is -0.378 e. The molecule has 2 aliphatic rings. The molecule has 0 aliphatic carbocycles. The highest BCUT2D eigenvalue weighted by Gasteiger charge is 2.42. The normalized spacial score (nSPS) is 18.8. The number of hydrogen-bond donors (Lipinski definition) is 1. The van der Waals surface area contributed by atoms with Crippen molar-refractivity contribution in [3.05, 3.63) is 102 Å². The van der Waals surface area contributed by atoms with Crippen molar-refractivity contribution in [3.8, 4) is 5.69 Å². The van der Waals surface area contributed by atoms with Gasteiger partial charge in [-0.05, 0) is 112 Å². The highest BCUT2D eigenvalue weighted by Crippen LogP contribution is 2.44. The van der Waals surface area contributed by atoms with Crippen molar-refractivity contribution in [1.29, 1.82) is 0 Å². The quantitative estimate of drug-likeness (QED) is 0.244. The first-order valence-corrected chi connectivity index (χ1v) is 15.4. The first-order valence-electron chi connectivity index (χ1n) is 15.0. The summed E-state index contributed by atoms with van der Waals surface area (Å²) in [6, 6.07) is 26.0. The molecule has 42 heavy (non-hydrogen) atoms. The summed E-state index contributed by atoms with van der Waals surface area (Å²) >= 11 is 6.02. The molecule has 0 saturated carbocycles. The number of nitrogens with zero attached hydrogens (tertiary/aromatic N) is 5. The van der Waals surface area contributed by atoms with E-state index in [1.807, 2.05) is 18.3 Å². The first-order chi connectivity index (χ1) is 20.5. The Morgan fingerprint density at radius 3 is 2.21 bits per heavy atom. The van der Waals surface area contributed by atoms with Gasteiger partial charge in [-0.15, -0.1) is 0 Å². The summed E-state index contributed by atoms with van der Waals surface area (Å²) in [7, 11) is 0. The monoisotopic (exact) mass is 580 g/mol. The number of thiocarbonyl (C=S) groups is 1. The second-order valence-electron chi connectivity index (χ2n) is 11.0. The summed E-state index contributed by atoms with van der Waals surface area (Å²) in [5.41, 5.74) is 9.31. The topological polar surface area (TPSA) is 48.8 Å². The van der Waals surface area contributed by atoms with Crippen molar-refractivity contribution in [2.75, 3.05) is 54.1 Å². The Morgan fingerprint density at radius 1 is 0.905 bits per heavy atom. The molecule has 0 bridgehead atoms. The zero-order valence-corrected chi connectivity index (χ0v) is 25.8. The Kier molecular flexibility index (Phi) is 8.18. The zero-order chi connectivity index (χ0) is 29.2. The van der Waals surface area contributed by atoms with Gasteiger partial charge in [0.25, 0.3) is 0 Å². The lowest BCUT2D eigenvalue weighted by molar-refractivity contribution is 0.122. The molecule has 2 aromatic heterocycles.